The molecule has 0 N–H and O–H groups in total. The zero-order valence-electron chi connectivity index (χ0n) is 21.6. The summed E-state index contributed by atoms with van der Waals surface area (Å²) in [5.41, 5.74) is 2.88. The van der Waals surface area contributed by atoms with E-state index in [1.165, 1.54) is 38.5 Å². The van der Waals surface area contributed by atoms with Gasteiger partial charge in [0.25, 0.3) is 0 Å². The highest BCUT2D eigenvalue weighted by Crippen LogP contribution is 2.33. The SMILES string of the molecule is CCCC#Cc1ccc(C#Cc2ccc(OC(=O)C3CCC(CCCCCCC)CC3)cc2)cc1. The number of hydrogen-bond donors (Lipinski definition) is 0. The van der Waals surface area contributed by atoms with Gasteiger partial charge in [-0.2, -0.15) is 0 Å². The van der Waals surface area contributed by atoms with Gasteiger partial charge >= 0.3 is 5.97 Å². The van der Waals surface area contributed by atoms with E-state index in [9.17, 15) is 4.79 Å². The van der Waals surface area contributed by atoms with Crippen LogP contribution in [0.15, 0.2) is 48.5 Å². The van der Waals surface area contributed by atoms with E-state index in [2.05, 4.69) is 37.5 Å². The van der Waals surface area contributed by atoms with Crippen LogP contribution in [-0.2, 0) is 4.79 Å². The lowest BCUT2D eigenvalue weighted by Gasteiger charge is -2.27. The molecule has 2 aromatic rings. The second-order valence-corrected chi connectivity index (χ2v) is 9.75. The first-order valence-electron chi connectivity index (χ1n) is 13.6. The number of hydrogen-bond acceptors (Lipinski definition) is 2. The van der Waals surface area contributed by atoms with Crippen molar-refractivity contribution in [2.45, 2.75) is 90.9 Å². The molecule has 0 aliphatic heterocycles. The van der Waals surface area contributed by atoms with Crippen molar-refractivity contribution in [3.8, 4) is 29.4 Å². The molecule has 1 aliphatic rings. The van der Waals surface area contributed by atoms with Crippen LogP contribution in [0, 0.1) is 35.5 Å². The Bertz CT molecular complexity index is 1020. The van der Waals surface area contributed by atoms with Crippen molar-refractivity contribution >= 4 is 5.97 Å². The van der Waals surface area contributed by atoms with Crippen molar-refractivity contribution in [2.75, 3.05) is 0 Å². The average Bonchev–Trinajstić information content (AvgIpc) is 2.89. The van der Waals surface area contributed by atoms with E-state index in [0.29, 0.717) is 5.75 Å². The fourth-order valence-electron chi connectivity index (χ4n) is 4.60. The summed E-state index contributed by atoms with van der Waals surface area (Å²) < 4.78 is 5.69. The van der Waals surface area contributed by atoms with E-state index < -0.39 is 0 Å². The molecule has 1 aliphatic carbocycles. The molecule has 0 radical (unpaired) electrons. The number of rotatable bonds is 9. The van der Waals surface area contributed by atoms with E-state index in [4.69, 9.17) is 4.74 Å². The Hall–Kier alpha value is -2.97. The number of carbonyl (C=O) groups is 1. The number of carbonyl (C=O) groups excluding carboxylic acids is 1. The van der Waals surface area contributed by atoms with E-state index in [1.54, 1.807) is 0 Å². The molecule has 184 valence electrons. The van der Waals surface area contributed by atoms with Crippen molar-refractivity contribution in [2.24, 2.45) is 11.8 Å². The standard InChI is InChI=1S/C33H40O2/c1-3-5-7-8-10-12-28-19-23-31(24-20-28)33(34)35-32-25-21-30(22-26-32)18-17-29-15-13-27(14-16-29)11-9-6-4-2/h13-16,21-22,25-26,28,31H,3-8,10,12,19-20,23-24H2,1-2H3. The highest BCUT2D eigenvalue weighted by Gasteiger charge is 2.27. The Labute approximate surface area is 212 Å². The predicted molar refractivity (Wildman–Crippen MR) is 145 cm³/mol. The van der Waals surface area contributed by atoms with Gasteiger partial charge in [-0.25, -0.2) is 0 Å². The summed E-state index contributed by atoms with van der Waals surface area (Å²) in [5, 5.41) is 0. The minimum Gasteiger partial charge on any atom is -0.426 e. The third kappa shape index (κ3) is 9.66. The number of benzene rings is 2. The Kier molecular flexibility index (Phi) is 11.5. The maximum atomic E-state index is 12.7. The summed E-state index contributed by atoms with van der Waals surface area (Å²) in [4.78, 5) is 12.7. The molecule has 2 aromatic carbocycles. The molecule has 2 heteroatoms. The molecular weight excluding hydrogens is 428 g/mol. The molecule has 0 heterocycles. The molecule has 1 saturated carbocycles. The molecule has 0 atom stereocenters. The predicted octanol–water partition coefficient (Wildman–Crippen LogP) is 8.31. The van der Waals surface area contributed by atoms with Crippen LogP contribution in [0.5, 0.6) is 5.75 Å². The van der Waals surface area contributed by atoms with Gasteiger partial charge in [-0.15, -0.1) is 0 Å². The normalized spacial score (nSPS) is 17.0. The maximum Gasteiger partial charge on any atom is 0.314 e. The van der Waals surface area contributed by atoms with E-state index in [1.807, 2.05) is 48.5 Å². The summed E-state index contributed by atoms with van der Waals surface area (Å²) >= 11 is 0. The van der Waals surface area contributed by atoms with Crippen molar-refractivity contribution in [1.82, 2.24) is 0 Å². The lowest BCUT2D eigenvalue weighted by Crippen LogP contribution is -2.25. The van der Waals surface area contributed by atoms with Crippen LogP contribution >= 0.6 is 0 Å². The highest BCUT2D eigenvalue weighted by atomic mass is 16.5. The molecule has 0 unspecified atom stereocenters. The van der Waals surface area contributed by atoms with Gasteiger partial charge in [0, 0.05) is 23.1 Å². The van der Waals surface area contributed by atoms with Gasteiger partial charge in [-0.1, -0.05) is 76.1 Å². The van der Waals surface area contributed by atoms with E-state index in [0.717, 1.165) is 61.1 Å². The Balaban J connectivity index is 1.42. The first-order chi connectivity index (χ1) is 17.2. The molecule has 1 fully saturated rings. The zero-order chi connectivity index (χ0) is 24.7. The fraction of sp³-hybridized carbons (Fsp3) is 0.485. The van der Waals surface area contributed by atoms with Crippen LogP contribution in [0.2, 0.25) is 0 Å². The lowest BCUT2D eigenvalue weighted by molar-refractivity contribution is -0.140. The maximum absolute atomic E-state index is 12.7. The Morgan fingerprint density at radius 2 is 1.31 bits per heavy atom. The highest BCUT2D eigenvalue weighted by molar-refractivity contribution is 5.75. The molecule has 0 aromatic heterocycles. The summed E-state index contributed by atoms with van der Waals surface area (Å²) in [6.45, 7) is 4.39. The third-order valence-corrected chi connectivity index (χ3v) is 6.81. The molecule has 0 saturated heterocycles. The molecule has 35 heavy (non-hydrogen) atoms. The first-order valence-corrected chi connectivity index (χ1v) is 13.6. The molecule has 3 rings (SSSR count). The minimum absolute atomic E-state index is 0.0421. The van der Waals surface area contributed by atoms with Crippen molar-refractivity contribution in [3.63, 3.8) is 0 Å². The second kappa shape index (κ2) is 15.1. The van der Waals surface area contributed by atoms with Gasteiger partial charge in [-0.3, -0.25) is 4.79 Å². The summed E-state index contributed by atoms with van der Waals surface area (Å²) in [7, 11) is 0. The van der Waals surface area contributed by atoms with E-state index >= 15 is 0 Å². The Morgan fingerprint density at radius 3 is 1.91 bits per heavy atom. The molecule has 0 bridgehead atoms. The number of unbranched alkanes of at least 4 members (excludes halogenated alkanes) is 5. The zero-order valence-corrected chi connectivity index (χ0v) is 21.6. The van der Waals surface area contributed by atoms with Gasteiger partial charge in [0.1, 0.15) is 5.75 Å². The van der Waals surface area contributed by atoms with Crippen molar-refractivity contribution < 1.29 is 9.53 Å². The van der Waals surface area contributed by atoms with Crippen LogP contribution in [-0.4, -0.2) is 5.97 Å². The summed E-state index contributed by atoms with van der Waals surface area (Å²) in [5.74, 6) is 14.1. The third-order valence-electron chi connectivity index (χ3n) is 6.81. The molecule has 2 nitrogen and oxygen atoms in total. The monoisotopic (exact) mass is 468 g/mol. The van der Waals surface area contributed by atoms with Gasteiger partial charge in [0.15, 0.2) is 0 Å². The summed E-state index contributed by atoms with van der Waals surface area (Å²) in [6.07, 6.45) is 14.3. The average molecular weight is 469 g/mol. The minimum atomic E-state index is -0.0765. The number of esters is 1. The smallest absolute Gasteiger partial charge is 0.314 e. The van der Waals surface area contributed by atoms with Crippen LogP contribution in [0.4, 0.5) is 0 Å². The van der Waals surface area contributed by atoms with Gasteiger partial charge in [0.05, 0.1) is 5.92 Å². The molecule has 0 amide bonds. The lowest BCUT2D eigenvalue weighted by atomic mass is 9.80. The van der Waals surface area contributed by atoms with Crippen LogP contribution in [0.25, 0.3) is 0 Å². The van der Waals surface area contributed by atoms with Crippen molar-refractivity contribution in [3.05, 3.63) is 65.2 Å². The number of ether oxygens (including phenoxy) is 1. The van der Waals surface area contributed by atoms with Gasteiger partial charge in [-0.05, 0) is 86.6 Å². The van der Waals surface area contributed by atoms with Crippen LogP contribution in [0.1, 0.15) is 108 Å². The second-order valence-electron chi connectivity index (χ2n) is 9.75. The summed E-state index contributed by atoms with van der Waals surface area (Å²) in [6, 6.07) is 15.5. The quantitative estimate of drug-likeness (QED) is 0.160. The topological polar surface area (TPSA) is 26.3 Å². The van der Waals surface area contributed by atoms with E-state index in [-0.39, 0.29) is 11.9 Å². The van der Waals surface area contributed by atoms with Gasteiger partial charge < -0.3 is 4.74 Å². The van der Waals surface area contributed by atoms with Gasteiger partial charge in [0.2, 0.25) is 0 Å². The Morgan fingerprint density at radius 1 is 0.743 bits per heavy atom. The fourth-order valence-corrected chi connectivity index (χ4v) is 4.60. The molecular formula is C33H40O2. The molecule has 0 spiro atoms. The van der Waals surface area contributed by atoms with Crippen LogP contribution < -0.4 is 4.74 Å². The van der Waals surface area contributed by atoms with Crippen molar-refractivity contribution in [1.29, 1.82) is 0 Å². The first kappa shape index (κ1) is 26.6. The van der Waals surface area contributed by atoms with Crippen LogP contribution in [0.3, 0.4) is 0 Å². The largest absolute Gasteiger partial charge is 0.426 e.